The molecule has 1 aliphatic carbocycles. The minimum atomic E-state index is 0.269. The minimum absolute atomic E-state index is 0.269. The van der Waals surface area contributed by atoms with Crippen LogP contribution in [0.4, 0.5) is 0 Å². The Bertz CT molecular complexity index is 346. The zero-order valence-corrected chi connectivity index (χ0v) is 10.4. The van der Waals surface area contributed by atoms with Crippen LogP contribution in [0.15, 0.2) is 22.8 Å². The molecule has 0 aliphatic heterocycles. The minimum Gasteiger partial charge on any atom is -0.468 e. The summed E-state index contributed by atoms with van der Waals surface area (Å²) < 4.78 is 5.38. The summed E-state index contributed by atoms with van der Waals surface area (Å²) in [6.07, 6.45) is 4.28. The molecule has 1 aromatic rings. The summed E-state index contributed by atoms with van der Waals surface area (Å²) in [5.74, 6) is 1.28. The summed E-state index contributed by atoms with van der Waals surface area (Å²) in [5, 5.41) is 0. The maximum atomic E-state index is 5.66. The Morgan fingerprint density at radius 3 is 2.94 bits per heavy atom. The van der Waals surface area contributed by atoms with E-state index in [0.717, 1.165) is 18.8 Å². The van der Waals surface area contributed by atoms with Crippen LogP contribution in [0, 0.1) is 5.92 Å². The Morgan fingerprint density at radius 2 is 2.44 bits per heavy atom. The van der Waals surface area contributed by atoms with Gasteiger partial charge in [0.25, 0.3) is 0 Å². The van der Waals surface area contributed by atoms with Crippen LogP contribution < -0.4 is 5.73 Å². The monoisotopic (exact) mass is 238 g/mol. The highest BCUT2D eigenvalue weighted by Gasteiger charge is 2.30. The molecule has 0 spiro atoms. The predicted octanol–water partition coefficient (Wildman–Crippen LogP) is 2.17. The maximum Gasteiger partial charge on any atom is 0.117 e. The zero-order chi connectivity index (χ0) is 11.5. The van der Waals surface area contributed by atoms with Gasteiger partial charge in [-0.15, -0.1) is 0 Å². The number of hydrogen-bond acceptors (Lipinski definition) is 3. The predicted molar refractivity (Wildman–Crippen MR) is 68.1 cm³/mol. The second-order valence-corrected chi connectivity index (χ2v) is 5.01. The lowest BCUT2D eigenvalue weighted by atomic mass is 10.1. The summed E-state index contributed by atoms with van der Waals surface area (Å²) in [5.41, 5.74) is 5.66. The molecule has 1 aliphatic rings. The second kappa shape index (κ2) is 4.97. The van der Waals surface area contributed by atoms with Crippen molar-refractivity contribution in [2.45, 2.75) is 32.4 Å². The van der Waals surface area contributed by atoms with Gasteiger partial charge in [-0.3, -0.25) is 4.90 Å². The van der Waals surface area contributed by atoms with E-state index in [0.29, 0.717) is 11.0 Å². The van der Waals surface area contributed by atoms with Crippen molar-refractivity contribution in [1.82, 2.24) is 4.90 Å². The molecular weight excluding hydrogens is 220 g/mol. The molecule has 0 amide bonds. The van der Waals surface area contributed by atoms with Crippen LogP contribution in [0.3, 0.4) is 0 Å². The molecule has 88 valence electrons. The summed E-state index contributed by atoms with van der Waals surface area (Å²) in [6, 6.07) is 4.64. The first-order chi connectivity index (χ1) is 7.66. The van der Waals surface area contributed by atoms with Crippen molar-refractivity contribution in [2.75, 3.05) is 6.54 Å². The van der Waals surface area contributed by atoms with Crippen LogP contribution in [0.25, 0.3) is 0 Å². The fraction of sp³-hybridized carbons (Fsp3) is 0.583. The smallest absolute Gasteiger partial charge is 0.117 e. The zero-order valence-electron chi connectivity index (χ0n) is 9.56. The normalized spacial score (nSPS) is 17.6. The van der Waals surface area contributed by atoms with Gasteiger partial charge >= 0.3 is 0 Å². The molecule has 1 unspecified atom stereocenters. The van der Waals surface area contributed by atoms with Gasteiger partial charge in [0.1, 0.15) is 5.76 Å². The number of furan rings is 1. The van der Waals surface area contributed by atoms with Gasteiger partial charge in [-0.1, -0.05) is 19.1 Å². The SMILES string of the molecule is CC(CN(Cc1ccco1)C1CC1)C(N)=S. The molecule has 0 saturated heterocycles. The van der Waals surface area contributed by atoms with E-state index >= 15 is 0 Å². The van der Waals surface area contributed by atoms with Crippen molar-refractivity contribution in [3.8, 4) is 0 Å². The highest BCUT2D eigenvalue weighted by atomic mass is 32.1. The van der Waals surface area contributed by atoms with E-state index in [1.165, 1.54) is 12.8 Å². The third-order valence-corrected chi connectivity index (χ3v) is 3.40. The lowest BCUT2D eigenvalue weighted by Gasteiger charge is -2.24. The van der Waals surface area contributed by atoms with Crippen LogP contribution >= 0.6 is 12.2 Å². The average molecular weight is 238 g/mol. The molecule has 1 heterocycles. The number of hydrogen-bond donors (Lipinski definition) is 1. The van der Waals surface area contributed by atoms with E-state index in [9.17, 15) is 0 Å². The Balaban J connectivity index is 1.92. The van der Waals surface area contributed by atoms with Crippen LogP contribution in [-0.4, -0.2) is 22.5 Å². The van der Waals surface area contributed by atoms with Gasteiger partial charge in [-0.05, 0) is 25.0 Å². The Hall–Kier alpha value is -0.870. The average Bonchev–Trinajstić information content (AvgIpc) is 2.97. The van der Waals surface area contributed by atoms with Crippen molar-refractivity contribution in [2.24, 2.45) is 11.7 Å². The summed E-state index contributed by atoms with van der Waals surface area (Å²) in [4.78, 5) is 3.02. The second-order valence-electron chi connectivity index (χ2n) is 4.54. The standard InChI is InChI=1S/C12H18N2OS/c1-9(12(13)16)7-14(10-4-5-10)8-11-3-2-6-15-11/h2-3,6,9-10H,4-5,7-8H2,1H3,(H2,13,16). The van der Waals surface area contributed by atoms with Crippen molar-refractivity contribution in [3.05, 3.63) is 24.2 Å². The van der Waals surface area contributed by atoms with E-state index in [1.54, 1.807) is 6.26 Å². The Labute approximate surface area is 102 Å². The molecule has 1 fully saturated rings. The molecule has 1 saturated carbocycles. The number of rotatable bonds is 6. The van der Waals surface area contributed by atoms with Crippen LogP contribution in [-0.2, 0) is 6.54 Å². The summed E-state index contributed by atoms with van der Waals surface area (Å²) in [6.45, 7) is 3.88. The quantitative estimate of drug-likeness (QED) is 0.771. The van der Waals surface area contributed by atoms with Gasteiger partial charge in [0.05, 0.1) is 17.8 Å². The van der Waals surface area contributed by atoms with E-state index in [2.05, 4.69) is 11.8 Å². The first kappa shape index (κ1) is 11.6. The molecule has 2 rings (SSSR count). The number of nitrogens with zero attached hydrogens (tertiary/aromatic N) is 1. The van der Waals surface area contributed by atoms with Crippen molar-refractivity contribution >= 4 is 17.2 Å². The molecule has 2 N–H and O–H groups in total. The summed E-state index contributed by atoms with van der Waals surface area (Å²) in [7, 11) is 0. The van der Waals surface area contributed by atoms with E-state index < -0.39 is 0 Å². The topological polar surface area (TPSA) is 42.4 Å². The van der Waals surface area contributed by atoms with Gasteiger partial charge in [-0.2, -0.15) is 0 Å². The first-order valence-electron chi connectivity index (χ1n) is 5.72. The summed E-state index contributed by atoms with van der Waals surface area (Å²) >= 11 is 5.02. The largest absolute Gasteiger partial charge is 0.468 e. The molecular formula is C12H18N2OS. The third-order valence-electron chi connectivity index (χ3n) is 3.00. The van der Waals surface area contributed by atoms with E-state index in [-0.39, 0.29) is 5.92 Å². The van der Waals surface area contributed by atoms with Crippen LogP contribution in [0.2, 0.25) is 0 Å². The molecule has 0 aromatic carbocycles. The number of thiocarbonyl (C=S) groups is 1. The van der Waals surface area contributed by atoms with Gasteiger partial charge in [0.15, 0.2) is 0 Å². The Morgan fingerprint density at radius 1 is 1.69 bits per heavy atom. The molecule has 1 aromatic heterocycles. The van der Waals surface area contributed by atoms with Gasteiger partial charge in [0.2, 0.25) is 0 Å². The molecule has 4 heteroatoms. The lowest BCUT2D eigenvalue weighted by Crippen LogP contribution is -2.35. The molecule has 16 heavy (non-hydrogen) atoms. The van der Waals surface area contributed by atoms with Crippen molar-refractivity contribution < 1.29 is 4.42 Å². The van der Waals surface area contributed by atoms with Gasteiger partial charge in [-0.25, -0.2) is 0 Å². The highest BCUT2D eigenvalue weighted by molar-refractivity contribution is 7.80. The fourth-order valence-corrected chi connectivity index (χ4v) is 1.90. The molecule has 0 radical (unpaired) electrons. The van der Waals surface area contributed by atoms with Gasteiger partial charge in [0, 0.05) is 18.5 Å². The molecule has 3 nitrogen and oxygen atoms in total. The highest BCUT2D eigenvalue weighted by Crippen LogP contribution is 2.29. The van der Waals surface area contributed by atoms with E-state index in [1.807, 2.05) is 12.1 Å². The van der Waals surface area contributed by atoms with E-state index in [4.69, 9.17) is 22.4 Å². The van der Waals surface area contributed by atoms with Crippen molar-refractivity contribution in [3.63, 3.8) is 0 Å². The first-order valence-corrected chi connectivity index (χ1v) is 6.13. The molecule has 0 bridgehead atoms. The number of nitrogens with two attached hydrogens (primary N) is 1. The van der Waals surface area contributed by atoms with Crippen LogP contribution in [0.5, 0.6) is 0 Å². The maximum absolute atomic E-state index is 5.66. The third kappa shape index (κ3) is 3.06. The fourth-order valence-electron chi connectivity index (χ4n) is 1.83. The van der Waals surface area contributed by atoms with Gasteiger partial charge < -0.3 is 10.2 Å². The molecule has 1 atom stereocenters. The van der Waals surface area contributed by atoms with Crippen LogP contribution in [0.1, 0.15) is 25.5 Å². The Kier molecular flexibility index (Phi) is 3.61. The lowest BCUT2D eigenvalue weighted by molar-refractivity contribution is 0.221. The van der Waals surface area contributed by atoms with Crippen molar-refractivity contribution in [1.29, 1.82) is 0 Å².